The predicted octanol–water partition coefficient (Wildman–Crippen LogP) is 1.71. The lowest BCUT2D eigenvalue weighted by Crippen LogP contribution is -2.38. The van der Waals surface area contributed by atoms with Crippen molar-refractivity contribution in [3.05, 3.63) is 29.8 Å². The zero-order valence-corrected chi connectivity index (χ0v) is 11.3. The number of benzene rings is 1. The molecule has 0 saturated carbocycles. The number of amides is 1. The minimum atomic E-state index is -0.538. The van der Waals surface area contributed by atoms with Gasteiger partial charge in [-0.2, -0.15) is 0 Å². The fraction of sp³-hybridized carbons (Fsp3) is 0.429. The summed E-state index contributed by atoms with van der Waals surface area (Å²) in [6.45, 7) is 3.83. The van der Waals surface area contributed by atoms with E-state index in [9.17, 15) is 4.79 Å². The second kappa shape index (κ2) is 5.73. The number of carbonyl (C=O) groups is 1. The Kier molecular flexibility index (Phi) is 4.04. The molecule has 1 N–H and O–H groups in total. The number of rotatable bonds is 4. The largest absolute Gasteiger partial charge is 0.497 e. The summed E-state index contributed by atoms with van der Waals surface area (Å²) in [7, 11) is 1.62. The van der Waals surface area contributed by atoms with Gasteiger partial charge in [-0.25, -0.2) is 0 Å². The summed E-state index contributed by atoms with van der Waals surface area (Å²) in [4.78, 5) is 17.0. The van der Waals surface area contributed by atoms with Gasteiger partial charge >= 0.3 is 0 Å². The first kappa shape index (κ1) is 13.4. The van der Waals surface area contributed by atoms with Crippen LogP contribution in [0.2, 0.25) is 0 Å². The van der Waals surface area contributed by atoms with Gasteiger partial charge in [-0.3, -0.25) is 4.79 Å². The summed E-state index contributed by atoms with van der Waals surface area (Å²) < 4.78 is 5.17. The fourth-order valence-corrected chi connectivity index (χ4v) is 1.87. The Bertz CT molecular complexity index is 497. The zero-order chi connectivity index (χ0) is 13.8. The monoisotopic (exact) mass is 262 g/mol. The lowest BCUT2D eigenvalue weighted by molar-refractivity contribution is -0.131. The van der Waals surface area contributed by atoms with Gasteiger partial charge in [-0.05, 0) is 26.0 Å². The van der Waals surface area contributed by atoms with Crippen molar-refractivity contribution in [2.45, 2.75) is 32.4 Å². The molecule has 1 aromatic carbocycles. The van der Waals surface area contributed by atoms with Gasteiger partial charge in [0.25, 0.3) is 5.91 Å². The summed E-state index contributed by atoms with van der Waals surface area (Å²) in [6, 6.07) is 7.65. The van der Waals surface area contributed by atoms with E-state index in [1.807, 2.05) is 38.1 Å². The molecule has 0 saturated heterocycles. The number of ether oxygens (including phenoxy) is 1. The van der Waals surface area contributed by atoms with E-state index < -0.39 is 6.10 Å². The molecule has 0 fully saturated rings. The first-order valence-electron chi connectivity index (χ1n) is 6.27. The summed E-state index contributed by atoms with van der Waals surface area (Å²) >= 11 is 0. The molecule has 0 spiro atoms. The predicted molar refractivity (Wildman–Crippen MR) is 72.3 cm³/mol. The van der Waals surface area contributed by atoms with E-state index in [0.29, 0.717) is 6.42 Å². The van der Waals surface area contributed by atoms with Crippen molar-refractivity contribution in [3.8, 4) is 5.75 Å². The topological polar surface area (TPSA) is 59.9 Å². The molecule has 1 amide bonds. The van der Waals surface area contributed by atoms with Crippen LogP contribution in [0.1, 0.15) is 25.8 Å². The summed E-state index contributed by atoms with van der Waals surface area (Å²) in [5, 5.41) is 6.81. The highest BCUT2D eigenvalue weighted by Gasteiger charge is 2.29. The van der Waals surface area contributed by atoms with Gasteiger partial charge in [-0.1, -0.05) is 17.3 Å². The number of hydrogen-bond acceptors (Lipinski definition) is 4. The molecule has 19 heavy (non-hydrogen) atoms. The number of oxime groups is 1. The van der Waals surface area contributed by atoms with Crippen LogP contribution in [0.25, 0.3) is 0 Å². The molecule has 5 heteroatoms. The molecular weight excluding hydrogens is 244 g/mol. The maximum absolute atomic E-state index is 11.8. The van der Waals surface area contributed by atoms with Gasteiger partial charge in [0.2, 0.25) is 6.10 Å². The standard InChI is InChI=1S/C14H18N2O3/c1-9(2)15-14(17)13-8-12(16-19-13)10-5-4-6-11(7-10)18-3/h4-7,9,13H,8H2,1-3H3,(H,15,17)/t13-/m0/s1. The van der Waals surface area contributed by atoms with Crippen LogP contribution in [0.15, 0.2) is 29.4 Å². The SMILES string of the molecule is COc1cccc(C2=NO[C@H](C(=O)NC(C)C)C2)c1. The van der Waals surface area contributed by atoms with Gasteiger partial charge in [0.1, 0.15) is 5.75 Å². The van der Waals surface area contributed by atoms with Crippen molar-refractivity contribution in [1.82, 2.24) is 5.32 Å². The van der Waals surface area contributed by atoms with Crippen LogP contribution in [-0.2, 0) is 9.63 Å². The van der Waals surface area contributed by atoms with Gasteiger partial charge in [-0.15, -0.1) is 0 Å². The Morgan fingerprint density at radius 2 is 2.32 bits per heavy atom. The number of hydrogen-bond donors (Lipinski definition) is 1. The van der Waals surface area contributed by atoms with Crippen LogP contribution in [0.5, 0.6) is 5.75 Å². The molecule has 1 aliphatic rings. The van der Waals surface area contributed by atoms with E-state index in [1.165, 1.54) is 0 Å². The van der Waals surface area contributed by atoms with Crippen LogP contribution in [0.3, 0.4) is 0 Å². The van der Waals surface area contributed by atoms with Crippen molar-refractivity contribution < 1.29 is 14.4 Å². The third kappa shape index (κ3) is 3.24. The Hall–Kier alpha value is -2.04. The number of nitrogens with zero attached hydrogens (tertiary/aromatic N) is 1. The molecule has 0 bridgehead atoms. The van der Waals surface area contributed by atoms with E-state index in [2.05, 4.69) is 10.5 Å². The summed E-state index contributed by atoms with van der Waals surface area (Å²) in [5.41, 5.74) is 1.68. The molecule has 0 aliphatic carbocycles. The van der Waals surface area contributed by atoms with E-state index in [-0.39, 0.29) is 11.9 Å². The second-order valence-corrected chi connectivity index (χ2v) is 4.73. The Balaban J connectivity index is 2.03. The molecule has 0 aromatic heterocycles. The van der Waals surface area contributed by atoms with Crippen molar-refractivity contribution in [1.29, 1.82) is 0 Å². The van der Waals surface area contributed by atoms with Crippen LogP contribution in [0, 0.1) is 0 Å². The van der Waals surface area contributed by atoms with E-state index >= 15 is 0 Å². The van der Waals surface area contributed by atoms with Gasteiger partial charge in [0.15, 0.2) is 0 Å². The third-order valence-corrected chi connectivity index (χ3v) is 2.80. The molecule has 102 valence electrons. The third-order valence-electron chi connectivity index (χ3n) is 2.80. The summed E-state index contributed by atoms with van der Waals surface area (Å²) in [6.07, 6.45) is -0.0604. The van der Waals surface area contributed by atoms with Crippen molar-refractivity contribution >= 4 is 11.6 Å². The van der Waals surface area contributed by atoms with Crippen LogP contribution in [0.4, 0.5) is 0 Å². The molecule has 2 rings (SSSR count). The highest BCUT2D eigenvalue weighted by atomic mass is 16.6. The average Bonchev–Trinajstić information content (AvgIpc) is 2.88. The zero-order valence-electron chi connectivity index (χ0n) is 11.3. The lowest BCUT2D eigenvalue weighted by atomic mass is 10.0. The molecule has 0 radical (unpaired) electrons. The molecule has 1 heterocycles. The van der Waals surface area contributed by atoms with Crippen LogP contribution in [-0.4, -0.2) is 30.9 Å². The number of carbonyl (C=O) groups excluding carboxylic acids is 1. The first-order valence-corrected chi connectivity index (χ1v) is 6.27. The Morgan fingerprint density at radius 1 is 1.53 bits per heavy atom. The average molecular weight is 262 g/mol. The Labute approximate surface area is 112 Å². The quantitative estimate of drug-likeness (QED) is 0.898. The highest BCUT2D eigenvalue weighted by molar-refractivity contribution is 6.04. The minimum Gasteiger partial charge on any atom is -0.497 e. The minimum absolute atomic E-state index is 0.0944. The van der Waals surface area contributed by atoms with Crippen molar-refractivity contribution in [2.75, 3.05) is 7.11 Å². The number of nitrogens with one attached hydrogen (secondary N) is 1. The van der Waals surface area contributed by atoms with Gasteiger partial charge in [0.05, 0.1) is 12.8 Å². The number of methoxy groups -OCH3 is 1. The smallest absolute Gasteiger partial charge is 0.264 e. The molecule has 0 unspecified atom stereocenters. The van der Waals surface area contributed by atoms with Crippen molar-refractivity contribution in [2.24, 2.45) is 5.16 Å². The van der Waals surface area contributed by atoms with E-state index in [4.69, 9.17) is 9.57 Å². The Morgan fingerprint density at radius 3 is 3.00 bits per heavy atom. The van der Waals surface area contributed by atoms with Gasteiger partial charge < -0.3 is 14.9 Å². The molecule has 1 aliphatic heterocycles. The van der Waals surface area contributed by atoms with Crippen LogP contribution >= 0.6 is 0 Å². The lowest BCUT2D eigenvalue weighted by Gasteiger charge is -2.11. The fourth-order valence-electron chi connectivity index (χ4n) is 1.87. The highest BCUT2D eigenvalue weighted by Crippen LogP contribution is 2.20. The van der Waals surface area contributed by atoms with Gasteiger partial charge in [0, 0.05) is 18.0 Å². The maximum atomic E-state index is 11.8. The molecule has 1 atom stereocenters. The van der Waals surface area contributed by atoms with E-state index in [1.54, 1.807) is 7.11 Å². The maximum Gasteiger partial charge on any atom is 0.264 e. The first-order chi connectivity index (χ1) is 9.10. The van der Waals surface area contributed by atoms with Crippen LogP contribution < -0.4 is 10.1 Å². The van der Waals surface area contributed by atoms with E-state index in [0.717, 1.165) is 17.0 Å². The second-order valence-electron chi connectivity index (χ2n) is 4.73. The molecule has 5 nitrogen and oxygen atoms in total. The summed E-state index contributed by atoms with van der Waals surface area (Å²) in [5.74, 6) is 0.631. The van der Waals surface area contributed by atoms with Crippen molar-refractivity contribution in [3.63, 3.8) is 0 Å². The molecule has 1 aromatic rings. The normalized spacial score (nSPS) is 17.9. The molecular formula is C14H18N2O3.